The van der Waals surface area contributed by atoms with Gasteiger partial charge in [-0.1, -0.05) is 12.1 Å². The van der Waals surface area contributed by atoms with Crippen LogP contribution in [0.2, 0.25) is 0 Å². The maximum atomic E-state index is 12.2. The molecule has 0 aromatic heterocycles. The fraction of sp³-hybridized carbons (Fsp3) is 0.333. The molecule has 0 radical (unpaired) electrons. The van der Waals surface area contributed by atoms with Crippen molar-refractivity contribution in [3.8, 4) is 0 Å². The molecule has 0 fully saturated rings. The summed E-state index contributed by atoms with van der Waals surface area (Å²) in [5.74, 6) is 0. The van der Waals surface area contributed by atoms with Gasteiger partial charge in [0.2, 0.25) is 0 Å². The van der Waals surface area contributed by atoms with Gasteiger partial charge >= 0.3 is 6.18 Å². The van der Waals surface area contributed by atoms with Gasteiger partial charge in [-0.15, -0.1) is 0 Å². The smallest absolute Gasteiger partial charge is 0.364 e. The topological polar surface area (TPSA) is 29.5 Å². The van der Waals surface area contributed by atoms with Crippen molar-refractivity contribution in [1.29, 1.82) is 0 Å². The fourth-order valence-electron chi connectivity index (χ4n) is 1.00. The summed E-state index contributed by atoms with van der Waals surface area (Å²) < 4.78 is 41.1. The molecule has 5 heteroatoms. The Bertz CT molecular complexity index is 309. The van der Waals surface area contributed by atoms with Gasteiger partial charge in [0, 0.05) is 12.7 Å². The fourth-order valence-corrected chi connectivity index (χ4v) is 1.00. The molecule has 0 bridgehead atoms. The van der Waals surface area contributed by atoms with E-state index in [0.717, 1.165) is 12.1 Å². The van der Waals surface area contributed by atoms with Crippen LogP contribution in [0.4, 0.5) is 13.2 Å². The van der Waals surface area contributed by atoms with Crippen molar-refractivity contribution in [1.82, 2.24) is 0 Å². The summed E-state index contributed by atoms with van der Waals surface area (Å²) in [6, 6.07) is 4.38. The minimum Gasteiger partial charge on any atom is -0.364 e. The lowest BCUT2D eigenvalue weighted by atomic mass is 10.1. The molecule has 0 aliphatic carbocycles. The minimum atomic E-state index is -4.40. The lowest BCUT2D eigenvalue weighted by Crippen LogP contribution is -2.07. The van der Waals surface area contributed by atoms with Crippen LogP contribution in [0, 0.1) is 0 Å². The third kappa shape index (κ3) is 2.46. The second-order valence-corrected chi connectivity index (χ2v) is 2.71. The maximum Gasteiger partial charge on any atom is 0.416 e. The zero-order valence-electron chi connectivity index (χ0n) is 7.38. The van der Waals surface area contributed by atoms with Crippen molar-refractivity contribution in [2.45, 2.75) is 12.5 Å². The van der Waals surface area contributed by atoms with Crippen molar-refractivity contribution in [3.05, 3.63) is 35.4 Å². The largest absolute Gasteiger partial charge is 0.416 e. The van der Waals surface area contributed by atoms with Crippen LogP contribution in [-0.4, -0.2) is 12.2 Å². The molecule has 0 aliphatic rings. The molecule has 0 heterocycles. The number of aliphatic hydroxyl groups excluding tert-OH is 1. The molecule has 1 atom stereocenters. The van der Waals surface area contributed by atoms with Crippen LogP contribution in [0.25, 0.3) is 0 Å². The third-order valence-corrected chi connectivity index (χ3v) is 1.72. The summed E-state index contributed by atoms with van der Waals surface area (Å²) in [7, 11) is 1.21. The molecule has 1 N–H and O–H groups in total. The average molecular weight is 206 g/mol. The summed E-state index contributed by atoms with van der Waals surface area (Å²) in [4.78, 5) is 0. The molecule has 1 rings (SSSR count). The number of methoxy groups -OCH3 is 1. The monoisotopic (exact) mass is 206 g/mol. The van der Waals surface area contributed by atoms with E-state index in [0.29, 0.717) is 0 Å². The molecular formula is C9H9F3O2. The lowest BCUT2D eigenvalue weighted by Gasteiger charge is -2.11. The number of hydrogen-bond acceptors (Lipinski definition) is 2. The highest BCUT2D eigenvalue weighted by Gasteiger charge is 2.30. The van der Waals surface area contributed by atoms with Crippen molar-refractivity contribution in [3.63, 3.8) is 0 Å². The van der Waals surface area contributed by atoms with E-state index >= 15 is 0 Å². The molecule has 1 aromatic carbocycles. The second kappa shape index (κ2) is 3.98. The molecule has 78 valence electrons. The van der Waals surface area contributed by atoms with Crippen LogP contribution >= 0.6 is 0 Å². The Balaban J connectivity index is 3.01. The number of benzene rings is 1. The predicted octanol–water partition coefficient (Wildman–Crippen LogP) is 2.34. The number of aliphatic hydroxyl groups is 1. The van der Waals surface area contributed by atoms with E-state index in [1.54, 1.807) is 0 Å². The van der Waals surface area contributed by atoms with Gasteiger partial charge in [-0.3, -0.25) is 0 Å². The lowest BCUT2D eigenvalue weighted by molar-refractivity contribution is -0.138. The number of hydrogen-bond donors (Lipinski definition) is 1. The van der Waals surface area contributed by atoms with Gasteiger partial charge in [0.15, 0.2) is 6.29 Å². The Morgan fingerprint density at radius 1 is 1.36 bits per heavy atom. The van der Waals surface area contributed by atoms with Gasteiger partial charge in [-0.2, -0.15) is 13.2 Å². The van der Waals surface area contributed by atoms with Gasteiger partial charge in [0.05, 0.1) is 5.56 Å². The first-order chi connectivity index (χ1) is 6.45. The van der Waals surface area contributed by atoms with Crippen molar-refractivity contribution >= 4 is 0 Å². The standard InChI is InChI=1S/C9H9F3O2/c1-14-8(13)6-3-2-4-7(5-6)9(10,11)12/h2-5,8,13H,1H3. The van der Waals surface area contributed by atoms with Crippen molar-refractivity contribution in [2.75, 3.05) is 7.11 Å². The quantitative estimate of drug-likeness (QED) is 0.752. The molecule has 0 aliphatic heterocycles. The number of halogens is 3. The summed E-state index contributed by atoms with van der Waals surface area (Å²) in [6.45, 7) is 0. The highest BCUT2D eigenvalue weighted by atomic mass is 19.4. The molecule has 1 aromatic rings. The molecule has 0 saturated heterocycles. The Morgan fingerprint density at radius 2 is 2.00 bits per heavy atom. The average Bonchev–Trinajstić information content (AvgIpc) is 2.15. The first-order valence-electron chi connectivity index (χ1n) is 3.83. The van der Waals surface area contributed by atoms with E-state index < -0.39 is 18.0 Å². The highest BCUT2D eigenvalue weighted by Crippen LogP contribution is 2.30. The van der Waals surface area contributed by atoms with Gasteiger partial charge in [0.1, 0.15) is 0 Å². The Morgan fingerprint density at radius 3 is 2.50 bits per heavy atom. The van der Waals surface area contributed by atoms with Crippen LogP contribution in [0.5, 0.6) is 0 Å². The first-order valence-corrected chi connectivity index (χ1v) is 3.83. The van der Waals surface area contributed by atoms with Crippen LogP contribution in [0.15, 0.2) is 24.3 Å². The van der Waals surface area contributed by atoms with Crippen LogP contribution in [0.3, 0.4) is 0 Å². The molecular weight excluding hydrogens is 197 g/mol. The number of rotatable bonds is 2. The van der Waals surface area contributed by atoms with E-state index in [1.165, 1.54) is 19.2 Å². The van der Waals surface area contributed by atoms with Crippen molar-refractivity contribution in [2.24, 2.45) is 0 Å². The summed E-state index contributed by atoms with van der Waals surface area (Å²) in [6.07, 6.45) is -5.72. The van der Waals surface area contributed by atoms with E-state index in [-0.39, 0.29) is 5.56 Å². The molecule has 2 nitrogen and oxygen atoms in total. The Labute approximate surface area is 78.9 Å². The van der Waals surface area contributed by atoms with Crippen LogP contribution in [-0.2, 0) is 10.9 Å². The Kier molecular flexibility index (Phi) is 3.13. The summed E-state index contributed by atoms with van der Waals surface area (Å²) in [5, 5.41) is 9.13. The SMILES string of the molecule is COC(O)c1cccc(C(F)(F)F)c1. The van der Waals surface area contributed by atoms with Gasteiger partial charge in [-0.25, -0.2) is 0 Å². The normalized spacial score (nSPS) is 14.1. The third-order valence-electron chi connectivity index (χ3n) is 1.72. The number of ether oxygens (including phenoxy) is 1. The molecule has 0 spiro atoms. The van der Waals surface area contributed by atoms with E-state index in [4.69, 9.17) is 5.11 Å². The van der Waals surface area contributed by atoms with Crippen LogP contribution < -0.4 is 0 Å². The maximum absolute atomic E-state index is 12.2. The van der Waals surface area contributed by atoms with Crippen molar-refractivity contribution < 1.29 is 23.0 Å². The highest BCUT2D eigenvalue weighted by molar-refractivity contribution is 5.26. The molecule has 0 amide bonds. The molecule has 1 unspecified atom stereocenters. The van der Waals surface area contributed by atoms with E-state index in [1.807, 2.05) is 0 Å². The van der Waals surface area contributed by atoms with E-state index in [9.17, 15) is 13.2 Å². The van der Waals surface area contributed by atoms with Gasteiger partial charge in [-0.05, 0) is 12.1 Å². The Hall–Kier alpha value is -1.07. The summed E-state index contributed by atoms with van der Waals surface area (Å²) >= 11 is 0. The molecule has 0 saturated carbocycles. The van der Waals surface area contributed by atoms with Crippen LogP contribution in [0.1, 0.15) is 17.4 Å². The first kappa shape index (κ1) is 11.0. The van der Waals surface area contributed by atoms with Gasteiger partial charge < -0.3 is 9.84 Å². The second-order valence-electron chi connectivity index (χ2n) is 2.71. The predicted molar refractivity (Wildman–Crippen MR) is 43.4 cm³/mol. The molecule has 14 heavy (non-hydrogen) atoms. The minimum absolute atomic E-state index is 0.0855. The van der Waals surface area contributed by atoms with Gasteiger partial charge in [0.25, 0.3) is 0 Å². The zero-order chi connectivity index (χ0) is 10.8. The summed E-state index contributed by atoms with van der Waals surface area (Å²) in [5.41, 5.74) is -0.714. The van der Waals surface area contributed by atoms with E-state index in [2.05, 4.69) is 4.74 Å². The zero-order valence-corrected chi connectivity index (χ0v) is 7.38. The number of alkyl halides is 3.